The molecule has 2 aromatic carbocycles. The molecule has 2 amide bonds. The molecule has 160 valence electrons. The van der Waals surface area contributed by atoms with Crippen LogP contribution in [0.4, 0.5) is 16.3 Å². The van der Waals surface area contributed by atoms with E-state index in [2.05, 4.69) is 40.9 Å². The van der Waals surface area contributed by atoms with Gasteiger partial charge in [-0.05, 0) is 54.8 Å². The molecule has 0 aliphatic carbocycles. The molecule has 0 saturated carbocycles. The molecule has 0 aliphatic heterocycles. The number of aromatic amines is 1. The Morgan fingerprint density at radius 1 is 1.13 bits per heavy atom. The molecule has 0 radical (unpaired) electrons. The van der Waals surface area contributed by atoms with E-state index in [9.17, 15) is 10.1 Å². The van der Waals surface area contributed by atoms with E-state index in [1.165, 1.54) is 5.56 Å². The fraction of sp³-hybridized carbons (Fsp3) is 0.292. The Morgan fingerprint density at radius 2 is 1.90 bits per heavy atom. The van der Waals surface area contributed by atoms with Crippen molar-refractivity contribution in [3.63, 3.8) is 0 Å². The minimum absolute atomic E-state index is 0.273. The Kier molecular flexibility index (Phi) is 7.28. The second-order valence-corrected chi connectivity index (χ2v) is 7.44. The molecule has 1 aromatic heterocycles. The zero-order valence-corrected chi connectivity index (χ0v) is 18.1. The first-order chi connectivity index (χ1) is 15.0. The van der Waals surface area contributed by atoms with Crippen molar-refractivity contribution in [3.8, 4) is 11.8 Å². The number of nitriles is 1. The number of amides is 2. The summed E-state index contributed by atoms with van der Waals surface area (Å²) in [6.07, 6.45) is 0. The highest BCUT2D eigenvalue weighted by atomic mass is 16.5. The molecule has 0 bridgehead atoms. The lowest BCUT2D eigenvalue weighted by molar-refractivity contribution is -0.327. The summed E-state index contributed by atoms with van der Waals surface area (Å²) in [6, 6.07) is 17.3. The number of aromatic nitrogens is 1. The molecule has 0 spiro atoms. The lowest BCUT2D eigenvalue weighted by Crippen LogP contribution is -2.33. The maximum absolute atomic E-state index is 12.1. The molecule has 1 heterocycles. The Morgan fingerprint density at radius 3 is 2.58 bits per heavy atom. The SMILES string of the molecule is CCOc1ccc2[nH+]c(NCCNC(=O)Nc3ccc(C(C)C)cc3)c(C#N)cc2c1. The van der Waals surface area contributed by atoms with Gasteiger partial charge in [-0.25, -0.2) is 9.78 Å². The topological polar surface area (TPSA) is 100 Å². The lowest BCUT2D eigenvalue weighted by Gasteiger charge is -2.09. The fourth-order valence-electron chi connectivity index (χ4n) is 3.18. The number of benzene rings is 2. The highest BCUT2D eigenvalue weighted by Gasteiger charge is 2.13. The van der Waals surface area contributed by atoms with Crippen LogP contribution in [0.5, 0.6) is 5.75 Å². The van der Waals surface area contributed by atoms with Gasteiger partial charge in [0.1, 0.15) is 29.4 Å². The molecule has 0 fully saturated rings. The van der Waals surface area contributed by atoms with Crippen molar-refractivity contribution in [2.45, 2.75) is 26.7 Å². The number of rotatable bonds is 8. The molecule has 7 heteroatoms. The average Bonchev–Trinajstić information content (AvgIpc) is 2.76. The van der Waals surface area contributed by atoms with Crippen molar-refractivity contribution < 1.29 is 14.5 Å². The van der Waals surface area contributed by atoms with Crippen molar-refractivity contribution in [2.24, 2.45) is 0 Å². The van der Waals surface area contributed by atoms with Gasteiger partial charge in [0, 0.05) is 11.1 Å². The van der Waals surface area contributed by atoms with Gasteiger partial charge in [-0.3, -0.25) is 5.32 Å². The second-order valence-electron chi connectivity index (χ2n) is 7.44. The third-order valence-electron chi connectivity index (χ3n) is 4.83. The van der Waals surface area contributed by atoms with Crippen LogP contribution < -0.4 is 25.7 Å². The molecule has 0 atom stereocenters. The first-order valence-electron chi connectivity index (χ1n) is 10.4. The smallest absolute Gasteiger partial charge is 0.319 e. The van der Waals surface area contributed by atoms with Gasteiger partial charge in [0.05, 0.1) is 13.2 Å². The molecule has 0 saturated heterocycles. The predicted octanol–water partition coefficient (Wildman–Crippen LogP) is 4.28. The van der Waals surface area contributed by atoms with E-state index in [0.29, 0.717) is 37.0 Å². The summed E-state index contributed by atoms with van der Waals surface area (Å²) in [5.41, 5.74) is 3.36. The van der Waals surface area contributed by atoms with E-state index in [1.54, 1.807) is 0 Å². The maximum Gasteiger partial charge on any atom is 0.319 e. The van der Waals surface area contributed by atoms with E-state index >= 15 is 0 Å². The van der Waals surface area contributed by atoms with Crippen LogP contribution in [0, 0.1) is 11.3 Å². The van der Waals surface area contributed by atoms with Gasteiger partial charge in [-0.15, -0.1) is 0 Å². The van der Waals surface area contributed by atoms with E-state index in [0.717, 1.165) is 22.3 Å². The number of fused-ring (bicyclic) bond motifs is 1. The highest BCUT2D eigenvalue weighted by Crippen LogP contribution is 2.21. The average molecular weight is 419 g/mol. The number of nitrogens with zero attached hydrogens (tertiary/aromatic N) is 1. The first-order valence-corrected chi connectivity index (χ1v) is 10.4. The summed E-state index contributed by atoms with van der Waals surface area (Å²) in [7, 11) is 0. The van der Waals surface area contributed by atoms with E-state index < -0.39 is 0 Å². The number of ether oxygens (including phenoxy) is 1. The van der Waals surface area contributed by atoms with Crippen LogP contribution in [0.3, 0.4) is 0 Å². The molecule has 4 N–H and O–H groups in total. The van der Waals surface area contributed by atoms with Gasteiger partial charge < -0.3 is 15.4 Å². The molecule has 3 rings (SSSR count). The van der Waals surface area contributed by atoms with Gasteiger partial charge in [0.15, 0.2) is 0 Å². The van der Waals surface area contributed by atoms with Crippen LogP contribution in [0.25, 0.3) is 10.9 Å². The molecular formula is C24H28N5O2+. The van der Waals surface area contributed by atoms with Crippen LogP contribution in [0.2, 0.25) is 0 Å². The largest absolute Gasteiger partial charge is 0.494 e. The van der Waals surface area contributed by atoms with Crippen molar-refractivity contribution in [1.29, 1.82) is 5.26 Å². The fourth-order valence-corrected chi connectivity index (χ4v) is 3.18. The monoisotopic (exact) mass is 418 g/mol. The van der Waals surface area contributed by atoms with Gasteiger partial charge in [0.25, 0.3) is 5.82 Å². The summed E-state index contributed by atoms with van der Waals surface area (Å²) in [5, 5.41) is 19.2. The van der Waals surface area contributed by atoms with E-state index in [-0.39, 0.29) is 6.03 Å². The number of hydrogen-bond acceptors (Lipinski definition) is 4. The zero-order chi connectivity index (χ0) is 22.2. The summed E-state index contributed by atoms with van der Waals surface area (Å²) in [4.78, 5) is 15.3. The molecule has 31 heavy (non-hydrogen) atoms. The second kappa shape index (κ2) is 10.3. The summed E-state index contributed by atoms with van der Waals surface area (Å²) >= 11 is 0. The first kappa shape index (κ1) is 21.9. The normalized spacial score (nSPS) is 10.5. The van der Waals surface area contributed by atoms with Crippen molar-refractivity contribution in [3.05, 3.63) is 59.7 Å². The van der Waals surface area contributed by atoms with Crippen molar-refractivity contribution >= 4 is 28.4 Å². The van der Waals surface area contributed by atoms with Crippen LogP contribution in [-0.2, 0) is 0 Å². The summed E-state index contributed by atoms with van der Waals surface area (Å²) in [5.74, 6) is 1.83. The number of H-pyrrole nitrogens is 1. The Balaban J connectivity index is 1.54. The number of carbonyl (C=O) groups excluding carboxylic acids is 1. The highest BCUT2D eigenvalue weighted by molar-refractivity contribution is 5.89. The zero-order valence-electron chi connectivity index (χ0n) is 18.1. The number of hydrogen-bond donors (Lipinski definition) is 3. The van der Waals surface area contributed by atoms with E-state index in [1.807, 2.05) is 55.5 Å². The molecule has 0 aliphatic rings. The lowest BCUT2D eigenvalue weighted by atomic mass is 10.0. The Bertz CT molecular complexity index is 1090. The predicted molar refractivity (Wildman–Crippen MR) is 122 cm³/mol. The third-order valence-corrected chi connectivity index (χ3v) is 4.83. The van der Waals surface area contributed by atoms with Crippen molar-refractivity contribution in [1.82, 2.24) is 5.32 Å². The minimum Gasteiger partial charge on any atom is -0.494 e. The van der Waals surface area contributed by atoms with Gasteiger partial charge in [-0.1, -0.05) is 26.0 Å². The summed E-state index contributed by atoms with van der Waals surface area (Å²) in [6.45, 7) is 7.64. The maximum atomic E-state index is 12.1. The van der Waals surface area contributed by atoms with Crippen LogP contribution in [-0.4, -0.2) is 25.7 Å². The van der Waals surface area contributed by atoms with Gasteiger partial charge in [-0.2, -0.15) is 5.26 Å². The number of carbonyl (C=O) groups is 1. The molecule has 0 unspecified atom stereocenters. The van der Waals surface area contributed by atoms with Crippen molar-refractivity contribution in [2.75, 3.05) is 30.3 Å². The van der Waals surface area contributed by atoms with Gasteiger partial charge >= 0.3 is 6.03 Å². The van der Waals surface area contributed by atoms with Crippen LogP contribution in [0.1, 0.15) is 37.8 Å². The summed E-state index contributed by atoms with van der Waals surface area (Å²) < 4.78 is 5.52. The molecule has 3 aromatic rings. The Hall–Kier alpha value is -3.79. The minimum atomic E-state index is -0.273. The Labute approximate surface area is 182 Å². The van der Waals surface area contributed by atoms with Crippen LogP contribution in [0.15, 0.2) is 48.5 Å². The third kappa shape index (κ3) is 5.86. The van der Waals surface area contributed by atoms with Crippen LogP contribution >= 0.6 is 0 Å². The number of nitrogens with one attached hydrogen (secondary N) is 4. The molecule has 7 nitrogen and oxygen atoms in total. The van der Waals surface area contributed by atoms with Gasteiger partial charge in [0.2, 0.25) is 0 Å². The number of urea groups is 1. The number of anilines is 2. The number of pyridine rings is 1. The van der Waals surface area contributed by atoms with E-state index in [4.69, 9.17) is 4.74 Å². The quantitative estimate of drug-likeness (QED) is 0.475. The molecular weight excluding hydrogens is 390 g/mol. The standard InChI is InChI=1S/C24H27N5O2/c1-4-31-21-9-10-22-18(14-21)13-19(15-25)23(29-22)26-11-12-27-24(30)28-20-7-5-17(6-8-20)16(2)3/h5-10,13-14,16H,4,11-12H2,1-3H3,(H,26,29)(H2,27,28,30)/p+1.